The zero-order valence-corrected chi connectivity index (χ0v) is 14.3. The van der Waals surface area contributed by atoms with Crippen LogP contribution in [0.4, 0.5) is 20.6 Å². The van der Waals surface area contributed by atoms with Gasteiger partial charge in [0, 0.05) is 44.1 Å². The van der Waals surface area contributed by atoms with Gasteiger partial charge in [-0.3, -0.25) is 4.90 Å². The number of carbonyl (C=O) groups excluding carboxylic acids is 1. The number of rotatable bonds is 4. The van der Waals surface area contributed by atoms with Gasteiger partial charge in [0.05, 0.1) is 0 Å². The Bertz CT molecular complexity index is 694. The number of hydrogen-bond acceptors (Lipinski definition) is 3. The van der Waals surface area contributed by atoms with Gasteiger partial charge in [-0.15, -0.1) is 0 Å². The Kier molecular flexibility index (Phi) is 5.63. The van der Waals surface area contributed by atoms with E-state index >= 15 is 0 Å². The predicted molar refractivity (Wildman–Crippen MR) is 98.3 cm³/mol. The SMILES string of the molecule is CN1CCN(Cc2ccc(NC(=O)Nc3ccc(F)cc3)cc2)CC1. The van der Waals surface area contributed by atoms with E-state index in [2.05, 4.69) is 27.5 Å². The van der Waals surface area contributed by atoms with Crippen LogP contribution < -0.4 is 10.6 Å². The minimum absolute atomic E-state index is 0.332. The molecule has 2 N–H and O–H groups in total. The molecule has 132 valence electrons. The molecule has 2 aromatic rings. The van der Waals surface area contributed by atoms with Crippen molar-refractivity contribution in [1.82, 2.24) is 9.80 Å². The minimum Gasteiger partial charge on any atom is -0.308 e. The maximum Gasteiger partial charge on any atom is 0.323 e. The zero-order chi connectivity index (χ0) is 17.6. The average Bonchev–Trinajstić information content (AvgIpc) is 2.61. The maximum atomic E-state index is 12.9. The molecule has 0 spiro atoms. The fourth-order valence-electron chi connectivity index (χ4n) is 2.78. The molecule has 1 aliphatic heterocycles. The van der Waals surface area contributed by atoms with Crippen LogP contribution in [0.2, 0.25) is 0 Å². The smallest absolute Gasteiger partial charge is 0.308 e. The molecule has 0 aromatic heterocycles. The van der Waals surface area contributed by atoms with Crippen LogP contribution >= 0.6 is 0 Å². The first-order valence-electron chi connectivity index (χ1n) is 8.42. The molecule has 1 aliphatic rings. The summed E-state index contributed by atoms with van der Waals surface area (Å²) in [7, 11) is 2.15. The highest BCUT2D eigenvalue weighted by molar-refractivity contribution is 5.99. The molecule has 1 saturated heterocycles. The van der Waals surface area contributed by atoms with Crippen molar-refractivity contribution in [3.63, 3.8) is 0 Å². The topological polar surface area (TPSA) is 47.6 Å². The summed E-state index contributed by atoms with van der Waals surface area (Å²) in [5, 5.41) is 5.45. The van der Waals surface area contributed by atoms with E-state index in [1.54, 1.807) is 0 Å². The molecular formula is C19H23FN4O. The van der Waals surface area contributed by atoms with Gasteiger partial charge in [-0.1, -0.05) is 12.1 Å². The van der Waals surface area contributed by atoms with Crippen molar-refractivity contribution in [3.05, 3.63) is 59.9 Å². The number of nitrogens with zero attached hydrogens (tertiary/aromatic N) is 2. The van der Waals surface area contributed by atoms with Gasteiger partial charge < -0.3 is 15.5 Å². The summed E-state index contributed by atoms with van der Waals surface area (Å²) in [6.07, 6.45) is 0. The Morgan fingerprint density at radius 3 is 2.00 bits per heavy atom. The highest BCUT2D eigenvalue weighted by Crippen LogP contribution is 2.14. The normalized spacial score (nSPS) is 15.8. The number of halogens is 1. The summed E-state index contributed by atoms with van der Waals surface area (Å²) in [5.74, 6) is -0.332. The Balaban J connectivity index is 1.50. The van der Waals surface area contributed by atoms with Gasteiger partial charge in [0.25, 0.3) is 0 Å². The first kappa shape index (κ1) is 17.4. The lowest BCUT2D eigenvalue weighted by Crippen LogP contribution is -2.43. The summed E-state index contributed by atoms with van der Waals surface area (Å²) in [6, 6.07) is 13.2. The van der Waals surface area contributed by atoms with Gasteiger partial charge in [0.2, 0.25) is 0 Å². The summed E-state index contributed by atoms with van der Waals surface area (Å²) in [6.45, 7) is 5.29. The third-order valence-electron chi connectivity index (χ3n) is 4.32. The first-order valence-corrected chi connectivity index (χ1v) is 8.42. The van der Waals surface area contributed by atoms with Crippen LogP contribution in [0.25, 0.3) is 0 Å². The number of carbonyl (C=O) groups is 1. The van der Waals surface area contributed by atoms with E-state index < -0.39 is 0 Å². The molecule has 3 rings (SSSR count). The monoisotopic (exact) mass is 342 g/mol. The van der Waals surface area contributed by atoms with Gasteiger partial charge in [-0.05, 0) is 49.0 Å². The van der Waals surface area contributed by atoms with E-state index in [9.17, 15) is 9.18 Å². The third kappa shape index (κ3) is 5.27. The van der Waals surface area contributed by atoms with Crippen LogP contribution in [-0.2, 0) is 6.54 Å². The Labute approximate surface area is 147 Å². The van der Waals surface area contributed by atoms with Crippen molar-refractivity contribution in [2.75, 3.05) is 43.9 Å². The largest absolute Gasteiger partial charge is 0.323 e. The molecule has 0 unspecified atom stereocenters. The maximum absolute atomic E-state index is 12.9. The molecular weight excluding hydrogens is 319 g/mol. The Morgan fingerprint density at radius 1 is 0.920 bits per heavy atom. The van der Waals surface area contributed by atoms with E-state index in [0.717, 1.165) is 38.4 Å². The van der Waals surface area contributed by atoms with Crippen molar-refractivity contribution >= 4 is 17.4 Å². The summed E-state index contributed by atoms with van der Waals surface area (Å²) >= 11 is 0. The molecule has 0 aliphatic carbocycles. The van der Waals surface area contributed by atoms with Crippen LogP contribution in [0.15, 0.2) is 48.5 Å². The van der Waals surface area contributed by atoms with Gasteiger partial charge in [-0.25, -0.2) is 9.18 Å². The minimum atomic E-state index is -0.349. The molecule has 0 saturated carbocycles. The lowest BCUT2D eigenvalue weighted by Gasteiger charge is -2.32. The Hall–Kier alpha value is -2.44. The van der Waals surface area contributed by atoms with Crippen molar-refractivity contribution < 1.29 is 9.18 Å². The van der Waals surface area contributed by atoms with Crippen LogP contribution in [0.1, 0.15) is 5.56 Å². The highest BCUT2D eigenvalue weighted by atomic mass is 19.1. The average molecular weight is 342 g/mol. The Morgan fingerprint density at radius 2 is 1.44 bits per heavy atom. The molecule has 5 nitrogen and oxygen atoms in total. The summed E-state index contributed by atoms with van der Waals surface area (Å²) in [5.41, 5.74) is 2.50. The number of benzene rings is 2. The second kappa shape index (κ2) is 8.09. The summed E-state index contributed by atoms with van der Waals surface area (Å²) < 4.78 is 12.9. The third-order valence-corrected chi connectivity index (χ3v) is 4.32. The quantitative estimate of drug-likeness (QED) is 0.897. The second-order valence-corrected chi connectivity index (χ2v) is 6.36. The number of urea groups is 1. The number of anilines is 2. The fraction of sp³-hybridized carbons (Fsp3) is 0.316. The van der Waals surface area contributed by atoms with Crippen LogP contribution in [0.5, 0.6) is 0 Å². The van der Waals surface area contributed by atoms with E-state index in [4.69, 9.17) is 0 Å². The van der Waals surface area contributed by atoms with Crippen LogP contribution in [-0.4, -0.2) is 49.1 Å². The highest BCUT2D eigenvalue weighted by Gasteiger charge is 2.13. The number of nitrogens with one attached hydrogen (secondary N) is 2. The van der Waals surface area contributed by atoms with E-state index in [1.165, 1.54) is 29.8 Å². The molecule has 6 heteroatoms. The molecule has 0 radical (unpaired) electrons. The second-order valence-electron chi connectivity index (χ2n) is 6.36. The van der Waals surface area contributed by atoms with Crippen molar-refractivity contribution in [1.29, 1.82) is 0 Å². The number of hydrogen-bond donors (Lipinski definition) is 2. The van der Waals surface area contributed by atoms with E-state index in [1.807, 2.05) is 24.3 Å². The number of likely N-dealkylation sites (N-methyl/N-ethyl adjacent to an activating group) is 1. The zero-order valence-electron chi connectivity index (χ0n) is 14.3. The van der Waals surface area contributed by atoms with Crippen LogP contribution in [0.3, 0.4) is 0 Å². The molecule has 0 bridgehead atoms. The molecule has 0 atom stereocenters. The lowest BCUT2D eigenvalue weighted by molar-refractivity contribution is 0.148. The van der Waals surface area contributed by atoms with Crippen LogP contribution in [0, 0.1) is 5.82 Å². The number of amides is 2. The predicted octanol–water partition coefficient (Wildman–Crippen LogP) is 3.22. The van der Waals surface area contributed by atoms with Crippen molar-refractivity contribution in [3.8, 4) is 0 Å². The van der Waals surface area contributed by atoms with Crippen molar-refractivity contribution in [2.45, 2.75) is 6.54 Å². The van der Waals surface area contributed by atoms with Crippen molar-refractivity contribution in [2.24, 2.45) is 0 Å². The molecule has 1 fully saturated rings. The van der Waals surface area contributed by atoms with Gasteiger partial charge >= 0.3 is 6.03 Å². The van der Waals surface area contributed by atoms with Gasteiger partial charge in [-0.2, -0.15) is 0 Å². The first-order chi connectivity index (χ1) is 12.1. The molecule has 25 heavy (non-hydrogen) atoms. The molecule has 1 heterocycles. The van der Waals surface area contributed by atoms with E-state index in [0.29, 0.717) is 5.69 Å². The molecule has 2 amide bonds. The van der Waals surface area contributed by atoms with Gasteiger partial charge in [0.15, 0.2) is 0 Å². The number of piperazine rings is 1. The van der Waals surface area contributed by atoms with Gasteiger partial charge in [0.1, 0.15) is 5.82 Å². The lowest BCUT2D eigenvalue weighted by atomic mass is 10.2. The standard InChI is InChI=1S/C19H23FN4O/c1-23-10-12-24(13-11-23)14-15-2-6-17(7-3-15)21-19(25)22-18-8-4-16(20)5-9-18/h2-9H,10-14H2,1H3,(H2,21,22,25). The van der Waals surface area contributed by atoms with E-state index in [-0.39, 0.29) is 11.8 Å². The molecule has 2 aromatic carbocycles. The summed E-state index contributed by atoms with van der Waals surface area (Å²) in [4.78, 5) is 16.7. The fourth-order valence-corrected chi connectivity index (χ4v) is 2.78.